The smallest absolute Gasteiger partial charge is 0.339 e. The van der Waals surface area contributed by atoms with E-state index in [1.54, 1.807) is 18.2 Å². The zero-order valence-electron chi connectivity index (χ0n) is 13.9. The molecule has 0 radical (unpaired) electrons. The highest BCUT2D eigenvalue weighted by Gasteiger charge is 2.11. The summed E-state index contributed by atoms with van der Waals surface area (Å²) in [6, 6.07) is 13.1. The lowest BCUT2D eigenvalue weighted by molar-refractivity contribution is 0.0591. The monoisotopic (exact) mass is 415 g/mol. The van der Waals surface area contributed by atoms with Crippen molar-refractivity contribution in [3.63, 3.8) is 0 Å². The Balaban J connectivity index is 0.000000260. The van der Waals surface area contributed by atoms with Crippen LogP contribution in [0.5, 0.6) is 0 Å². The van der Waals surface area contributed by atoms with Crippen LogP contribution in [0.3, 0.4) is 0 Å². The summed E-state index contributed by atoms with van der Waals surface area (Å²) in [5.41, 5.74) is 7.23. The minimum atomic E-state index is -0.533. The Morgan fingerprint density at radius 2 is 1.38 bits per heavy atom. The molecule has 26 heavy (non-hydrogen) atoms. The lowest BCUT2D eigenvalue weighted by Gasteiger charge is -2.02. The zero-order valence-corrected chi connectivity index (χ0v) is 15.5. The highest BCUT2D eigenvalue weighted by atomic mass is 79.9. The molecule has 2 aromatic carbocycles. The summed E-state index contributed by atoms with van der Waals surface area (Å²) in [7, 11) is 2.56. The second-order valence-electron chi connectivity index (χ2n) is 4.70. The number of halogens is 1. The normalized spacial score (nSPS) is 8.96. The van der Waals surface area contributed by atoms with E-state index in [0.29, 0.717) is 26.9 Å². The molecule has 132 valence electrons. The van der Waals surface area contributed by atoms with Crippen LogP contribution in [0.4, 0.5) is 5.69 Å². The summed E-state index contributed by atoms with van der Waals surface area (Å²) < 4.78 is 9.65. The second kappa shape index (κ2) is 9.82. The lowest BCUT2D eigenvalue weighted by atomic mass is 10.1. The number of hydrogen-bond donors (Lipinski definition) is 1. The van der Waals surface area contributed by atoms with Crippen LogP contribution in [-0.2, 0) is 9.47 Å². The third kappa shape index (κ3) is 5.33. The van der Waals surface area contributed by atoms with Crippen molar-refractivity contribution < 1.29 is 19.1 Å². The van der Waals surface area contributed by atoms with Gasteiger partial charge < -0.3 is 15.2 Å². The molecule has 0 aliphatic rings. The molecule has 0 aliphatic carbocycles. The molecule has 0 bridgehead atoms. The van der Waals surface area contributed by atoms with Crippen LogP contribution >= 0.6 is 15.9 Å². The maximum Gasteiger partial charge on any atom is 0.339 e. The van der Waals surface area contributed by atoms with E-state index >= 15 is 0 Å². The number of ether oxygens (including phenoxy) is 2. The summed E-state index contributed by atoms with van der Waals surface area (Å²) >= 11 is 3.19. The van der Waals surface area contributed by atoms with Crippen molar-refractivity contribution in [3.05, 3.63) is 63.1 Å². The molecule has 2 N–H and O–H groups in total. The van der Waals surface area contributed by atoms with Gasteiger partial charge in [0.15, 0.2) is 0 Å². The van der Waals surface area contributed by atoms with Gasteiger partial charge in [-0.1, -0.05) is 0 Å². The summed E-state index contributed by atoms with van der Waals surface area (Å²) in [4.78, 5) is 22.2. The molecule has 0 unspecified atom stereocenters. The summed E-state index contributed by atoms with van der Waals surface area (Å²) in [6.45, 7) is 0. The van der Waals surface area contributed by atoms with E-state index in [4.69, 9.17) is 16.3 Å². The van der Waals surface area contributed by atoms with E-state index in [1.807, 2.05) is 12.1 Å². The van der Waals surface area contributed by atoms with Crippen LogP contribution in [0.25, 0.3) is 0 Å². The van der Waals surface area contributed by atoms with Crippen molar-refractivity contribution in [1.29, 1.82) is 10.5 Å². The fraction of sp³-hybridized carbons (Fsp3) is 0.111. The standard InChI is InChI=1S/C9H6BrNO2.C9H8N2O2/c1-13-9(12)7-4-6(5-11)2-3-8(7)10;1-13-9(12)7-4-6(5-10)2-3-8(7)11/h2-4H,1H3;2-4H,11H2,1H3. The van der Waals surface area contributed by atoms with Crippen LogP contribution in [0.1, 0.15) is 31.8 Å². The Bertz CT molecular complexity index is 838. The van der Waals surface area contributed by atoms with Gasteiger partial charge in [-0.15, -0.1) is 0 Å². The van der Waals surface area contributed by atoms with Crippen molar-refractivity contribution in [1.82, 2.24) is 0 Å². The Morgan fingerprint density at radius 3 is 1.88 bits per heavy atom. The first-order chi connectivity index (χ1) is 12.4. The van der Waals surface area contributed by atoms with Crippen LogP contribution < -0.4 is 5.73 Å². The number of methoxy groups -OCH3 is 2. The van der Waals surface area contributed by atoms with Crippen LogP contribution in [0, 0.1) is 22.7 Å². The van der Waals surface area contributed by atoms with E-state index in [2.05, 4.69) is 25.4 Å². The van der Waals surface area contributed by atoms with Gasteiger partial charge in [-0.2, -0.15) is 10.5 Å². The highest BCUT2D eigenvalue weighted by Crippen LogP contribution is 2.18. The molecule has 0 atom stereocenters. The van der Waals surface area contributed by atoms with Crippen molar-refractivity contribution in [3.8, 4) is 12.1 Å². The molecule has 2 aromatic rings. The molecule has 8 heteroatoms. The SMILES string of the molecule is COC(=O)c1cc(C#N)ccc1Br.COC(=O)c1cc(C#N)ccc1N. The van der Waals surface area contributed by atoms with Crippen LogP contribution in [-0.4, -0.2) is 26.2 Å². The number of rotatable bonds is 2. The first-order valence-electron chi connectivity index (χ1n) is 7.03. The highest BCUT2D eigenvalue weighted by molar-refractivity contribution is 9.10. The molecule has 0 saturated carbocycles. The molecule has 0 heterocycles. The predicted octanol–water partition coefficient (Wildman–Crippen LogP) is 3.03. The molecule has 7 nitrogen and oxygen atoms in total. The van der Waals surface area contributed by atoms with Crippen molar-refractivity contribution in [2.75, 3.05) is 20.0 Å². The Hall–Kier alpha value is -3.36. The number of esters is 2. The van der Waals surface area contributed by atoms with Crippen molar-refractivity contribution in [2.24, 2.45) is 0 Å². The van der Waals surface area contributed by atoms with Gasteiger partial charge in [0, 0.05) is 10.2 Å². The number of benzene rings is 2. The number of nitrogens with two attached hydrogens (primary N) is 1. The molecular formula is C18H14BrN3O4. The van der Waals surface area contributed by atoms with Gasteiger partial charge in [0.05, 0.1) is 48.6 Å². The fourth-order valence-corrected chi connectivity index (χ4v) is 2.18. The maximum atomic E-state index is 11.1. The summed E-state index contributed by atoms with van der Waals surface area (Å²) in [5.74, 6) is -0.987. The number of nitriles is 2. The zero-order chi connectivity index (χ0) is 19.7. The molecule has 0 fully saturated rings. The van der Waals surface area contributed by atoms with Crippen LogP contribution in [0.15, 0.2) is 40.9 Å². The minimum absolute atomic E-state index is 0.224. The van der Waals surface area contributed by atoms with Gasteiger partial charge >= 0.3 is 11.9 Å². The lowest BCUT2D eigenvalue weighted by Crippen LogP contribution is -2.05. The van der Waals surface area contributed by atoms with Gasteiger partial charge in [-0.05, 0) is 52.3 Å². The van der Waals surface area contributed by atoms with Gasteiger partial charge in [0.2, 0.25) is 0 Å². The summed E-state index contributed by atoms with van der Waals surface area (Å²) in [5, 5.41) is 17.2. The Morgan fingerprint density at radius 1 is 0.923 bits per heavy atom. The number of nitrogen functional groups attached to an aromatic ring is 1. The Labute approximate surface area is 158 Å². The molecule has 0 aromatic heterocycles. The molecular weight excluding hydrogens is 402 g/mol. The third-order valence-corrected chi connectivity index (χ3v) is 3.78. The van der Waals surface area contributed by atoms with Gasteiger partial charge in [-0.25, -0.2) is 9.59 Å². The van der Waals surface area contributed by atoms with E-state index in [-0.39, 0.29) is 5.56 Å². The molecule has 2 rings (SSSR count). The van der Waals surface area contributed by atoms with Gasteiger partial charge in [0.1, 0.15) is 0 Å². The number of hydrogen-bond acceptors (Lipinski definition) is 7. The second-order valence-corrected chi connectivity index (χ2v) is 5.56. The van der Waals surface area contributed by atoms with Crippen LogP contribution in [0.2, 0.25) is 0 Å². The van der Waals surface area contributed by atoms with E-state index in [0.717, 1.165) is 0 Å². The first-order valence-corrected chi connectivity index (χ1v) is 7.83. The number of carbonyl (C=O) groups is 2. The fourth-order valence-electron chi connectivity index (χ4n) is 1.77. The Kier molecular flexibility index (Phi) is 7.81. The van der Waals surface area contributed by atoms with Crippen molar-refractivity contribution in [2.45, 2.75) is 0 Å². The van der Waals surface area contributed by atoms with E-state index < -0.39 is 11.9 Å². The van der Waals surface area contributed by atoms with Gasteiger partial charge in [0.25, 0.3) is 0 Å². The third-order valence-electron chi connectivity index (χ3n) is 3.09. The van der Waals surface area contributed by atoms with E-state index in [1.165, 1.54) is 32.4 Å². The molecule has 0 spiro atoms. The largest absolute Gasteiger partial charge is 0.465 e. The maximum absolute atomic E-state index is 11.1. The number of carbonyl (C=O) groups excluding carboxylic acids is 2. The molecule has 0 saturated heterocycles. The number of nitrogens with zero attached hydrogens (tertiary/aromatic N) is 2. The topological polar surface area (TPSA) is 126 Å². The average Bonchev–Trinajstić information content (AvgIpc) is 2.68. The van der Waals surface area contributed by atoms with Crippen molar-refractivity contribution >= 4 is 33.6 Å². The number of anilines is 1. The average molecular weight is 416 g/mol. The minimum Gasteiger partial charge on any atom is -0.465 e. The quantitative estimate of drug-likeness (QED) is 0.589. The molecule has 0 amide bonds. The molecule has 0 aliphatic heterocycles. The van der Waals surface area contributed by atoms with Gasteiger partial charge in [-0.3, -0.25) is 0 Å². The predicted molar refractivity (Wildman–Crippen MR) is 97.1 cm³/mol. The summed E-state index contributed by atoms with van der Waals surface area (Å²) in [6.07, 6.45) is 0. The first kappa shape index (κ1) is 20.7. The van der Waals surface area contributed by atoms with E-state index in [9.17, 15) is 9.59 Å².